The lowest BCUT2D eigenvalue weighted by molar-refractivity contribution is 0.0698. The van der Waals surface area contributed by atoms with E-state index in [9.17, 15) is 9.90 Å². The molecule has 2 aromatic heterocycles. The Hall–Kier alpha value is -1.91. The lowest BCUT2D eigenvalue weighted by Crippen LogP contribution is -2.02. The van der Waals surface area contributed by atoms with E-state index in [0.29, 0.717) is 34.8 Å². The fourth-order valence-corrected chi connectivity index (χ4v) is 1.83. The average Bonchev–Trinajstić information content (AvgIpc) is 2.59. The molecule has 2 aromatic rings. The predicted molar refractivity (Wildman–Crippen MR) is 62.0 cm³/mol. The van der Waals surface area contributed by atoms with Gasteiger partial charge in [0.25, 0.3) is 5.71 Å². The molecule has 2 heterocycles. The van der Waals surface area contributed by atoms with E-state index in [2.05, 4.69) is 10.1 Å². The minimum Gasteiger partial charge on any atom is -0.478 e. The molecule has 0 saturated carbocycles. The number of pyridine rings is 1. The maximum atomic E-state index is 11.2. The van der Waals surface area contributed by atoms with Crippen LogP contribution < -0.4 is 0 Å². The molecule has 1 N–H and O–H groups in total. The molecular weight excluding hydrogens is 220 g/mol. The molecule has 0 spiro atoms. The number of aryl methyl sites for hydroxylation is 1. The standard InChI is InChI=1S/C12H14N2O3/c1-6(2)4-9-10-8(12(15)16)5-7(3)13-11(10)17-14-9/h5-6H,4H2,1-3H3,(H,15,16). The number of rotatable bonds is 3. The summed E-state index contributed by atoms with van der Waals surface area (Å²) >= 11 is 0. The van der Waals surface area contributed by atoms with Crippen LogP contribution >= 0.6 is 0 Å². The molecule has 0 aliphatic heterocycles. The molecule has 5 heteroatoms. The molecule has 0 radical (unpaired) electrons. The molecule has 0 aliphatic carbocycles. The van der Waals surface area contributed by atoms with Gasteiger partial charge in [0.15, 0.2) is 0 Å². The second-order valence-electron chi connectivity index (χ2n) is 4.52. The molecule has 0 aliphatic rings. The summed E-state index contributed by atoms with van der Waals surface area (Å²) in [5.74, 6) is -0.597. The smallest absolute Gasteiger partial charge is 0.336 e. The predicted octanol–water partition coefficient (Wildman–Crippen LogP) is 2.43. The van der Waals surface area contributed by atoms with Crippen molar-refractivity contribution in [3.8, 4) is 0 Å². The number of hydrogen-bond donors (Lipinski definition) is 1. The summed E-state index contributed by atoms with van der Waals surface area (Å²) in [6.07, 6.45) is 0.679. The Kier molecular flexibility index (Phi) is 2.83. The van der Waals surface area contributed by atoms with Gasteiger partial charge in [0.2, 0.25) is 0 Å². The maximum absolute atomic E-state index is 11.2. The first-order valence-corrected chi connectivity index (χ1v) is 5.48. The molecule has 0 aromatic carbocycles. The van der Waals surface area contributed by atoms with Gasteiger partial charge in [-0.15, -0.1) is 0 Å². The van der Waals surface area contributed by atoms with Gasteiger partial charge >= 0.3 is 5.97 Å². The quantitative estimate of drug-likeness (QED) is 0.882. The second-order valence-corrected chi connectivity index (χ2v) is 4.52. The van der Waals surface area contributed by atoms with Crippen molar-refractivity contribution in [2.24, 2.45) is 5.92 Å². The molecule has 0 fully saturated rings. The number of hydrogen-bond acceptors (Lipinski definition) is 4. The van der Waals surface area contributed by atoms with Crippen LogP contribution in [0.1, 0.15) is 35.6 Å². The molecule has 0 bridgehead atoms. The van der Waals surface area contributed by atoms with Crippen LogP contribution in [-0.4, -0.2) is 21.2 Å². The summed E-state index contributed by atoms with van der Waals surface area (Å²) in [5.41, 5.74) is 1.80. The van der Waals surface area contributed by atoms with Crippen molar-refractivity contribution < 1.29 is 14.4 Å². The van der Waals surface area contributed by atoms with Crippen molar-refractivity contribution in [1.82, 2.24) is 10.1 Å². The summed E-state index contributed by atoms with van der Waals surface area (Å²) in [7, 11) is 0. The van der Waals surface area contributed by atoms with Crippen molar-refractivity contribution >= 4 is 17.1 Å². The Labute approximate surface area is 98.4 Å². The molecule has 90 valence electrons. The SMILES string of the molecule is Cc1cc(C(=O)O)c2c(CC(C)C)noc2n1. The van der Waals surface area contributed by atoms with E-state index in [-0.39, 0.29) is 5.56 Å². The van der Waals surface area contributed by atoms with Crippen molar-refractivity contribution in [2.75, 3.05) is 0 Å². The molecule has 0 saturated heterocycles. The zero-order chi connectivity index (χ0) is 12.6. The Bertz CT molecular complexity index is 572. The van der Waals surface area contributed by atoms with Gasteiger partial charge in [0.05, 0.1) is 16.6 Å². The highest BCUT2D eigenvalue weighted by Gasteiger charge is 2.19. The third kappa shape index (κ3) is 2.13. The first-order valence-electron chi connectivity index (χ1n) is 5.48. The monoisotopic (exact) mass is 234 g/mol. The van der Waals surface area contributed by atoms with Gasteiger partial charge in [-0.3, -0.25) is 0 Å². The number of aromatic carboxylic acids is 1. The highest BCUT2D eigenvalue weighted by Crippen LogP contribution is 2.24. The lowest BCUT2D eigenvalue weighted by Gasteiger charge is -2.02. The van der Waals surface area contributed by atoms with Crippen LogP contribution in [0.15, 0.2) is 10.6 Å². The number of carboxylic acids is 1. The number of carboxylic acid groups (broad SMARTS) is 1. The van der Waals surface area contributed by atoms with Gasteiger partial charge in [0.1, 0.15) is 0 Å². The summed E-state index contributed by atoms with van der Waals surface area (Å²) in [6.45, 7) is 5.82. The highest BCUT2D eigenvalue weighted by molar-refractivity contribution is 6.02. The molecule has 2 rings (SSSR count). The van der Waals surface area contributed by atoms with Gasteiger partial charge in [-0.2, -0.15) is 0 Å². The van der Waals surface area contributed by atoms with E-state index in [0.717, 1.165) is 0 Å². The van der Waals surface area contributed by atoms with Crippen LogP contribution in [0.4, 0.5) is 0 Å². The molecule has 0 atom stereocenters. The highest BCUT2D eigenvalue weighted by atomic mass is 16.5. The van der Waals surface area contributed by atoms with Crippen LogP contribution in [-0.2, 0) is 6.42 Å². The third-order valence-electron chi connectivity index (χ3n) is 2.48. The van der Waals surface area contributed by atoms with Crippen LogP contribution in [0.25, 0.3) is 11.1 Å². The zero-order valence-electron chi connectivity index (χ0n) is 10.0. The fraction of sp³-hybridized carbons (Fsp3) is 0.417. The summed E-state index contributed by atoms with van der Waals surface area (Å²) in [4.78, 5) is 15.4. The van der Waals surface area contributed by atoms with Crippen LogP contribution in [0, 0.1) is 12.8 Å². The first kappa shape index (κ1) is 11.6. The van der Waals surface area contributed by atoms with Crippen molar-refractivity contribution in [1.29, 1.82) is 0 Å². The topological polar surface area (TPSA) is 76.2 Å². The Morgan fingerprint density at radius 2 is 2.24 bits per heavy atom. The van der Waals surface area contributed by atoms with E-state index in [1.165, 1.54) is 0 Å². The van der Waals surface area contributed by atoms with Gasteiger partial charge in [-0.05, 0) is 25.3 Å². The molecule has 17 heavy (non-hydrogen) atoms. The minimum absolute atomic E-state index is 0.212. The number of carbonyl (C=O) groups is 1. The van der Waals surface area contributed by atoms with Gasteiger partial charge in [0, 0.05) is 5.69 Å². The van der Waals surface area contributed by atoms with E-state index in [1.807, 2.05) is 13.8 Å². The largest absolute Gasteiger partial charge is 0.478 e. The second kappa shape index (κ2) is 4.16. The summed E-state index contributed by atoms with van der Waals surface area (Å²) < 4.78 is 5.10. The molecular formula is C12H14N2O3. The van der Waals surface area contributed by atoms with E-state index < -0.39 is 5.97 Å². The average molecular weight is 234 g/mol. The summed E-state index contributed by atoms with van der Waals surface area (Å²) in [6, 6.07) is 1.55. The van der Waals surface area contributed by atoms with Crippen molar-refractivity contribution in [3.63, 3.8) is 0 Å². The number of fused-ring (bicyclic) bond motifs is 1. The summed E-state index contributed by atoms with van der Waals surface area (Å²) in [5, 5.41) is 13.6. The first-order chi connectivity index (χ1) is 7.99. The van der Waals surface area contributed by atoms with Gasteiger partial charge < -0.3 is 9.63 Å². The molecule has 0 amide bonds. The van der Waals surface area contributed by atoms with Gasteiger partial charge in [-0.1, -0.05) is 19.0 Å². The van der Waals surface area contributed by atoms with Crippen LogP contribution in [0.5, 0.6) is 0 Å². The van der Waals surface area contributed by atoms with Crippen molar-refractivity contribution in [3.05, 3.63) is 23.0 Å². The van der Waals surface area contributed by atoms with E-state index in [1.54, 1.807) is 13.0 Å². The lowest BCUT2D eigenvalue weighted by atomic mass is 10.0. The molecule has 5 nitrogen and oxygen atoms in total. The van der Waals surface area contributed by atoms with E-state index >= 15 is 0 Å². The normalized spacial score (nSPS) is 11.3. The third-order valence-corrected chi connectivity index (χ3v) is 2.48. The number of aromatic nitrogens is 2. The molecule has 0 unspecified atom stereocenters. The van der Waals surface area contributed by atoms with Crippen LogP contribution in [0.3, 0.4) is 0 Å². The minimum atomic E-state index is -0.978. The fourth-order valence-electron chi connectivity index (χ4n) is 1.83. The van der Waals surface area contributed by atoms with Gasteiger partial charge in [-0.25, -0.2) is 9.78 Å². The number of nitrogens with zero attached hydrogens (tertiary/aromatic N) is 2. The Morgan fingerprint density at radius 3 is 2.82 bits per heavy atom. The maximum Gasteiger partial charge on any atom is 0.336 e. The zero-order valence-corrected chi connectivity index (χ0v) is 10.0. The Balaban J connectivity index is 2.68. The van der Waals surface area contributed by atoms with Crippen LogP contribution in [0.2, 0.25) is 0 Å². The van der Waals surface area contributed by atoms with E-state index in [4.69, 9.17) is 4.52 Å². The Morgan fingerprint density at radius 1 is 1.53 bits per heavy atom. The van der Waals surface area contributed by atoms with Crippen molar-refractivity contribution in [2.45, 2.75) is 27.2 Å².